The predicted octanol–water partition coefficient (Wildman–Crippen LogP) is 1.21. The van der Waals surface area contributed by atoms with Crippen LogP contribution in [0.2, 0.25) is 0 Å². The summed E-state index contributed by atoms with van der Waals surface area (Å²) in [5.74, 6) is 5.75. The zero-order valence-corrected chi connectivity index (χ0v) is 9.03. The first-order valence-electron chi connectivity index (χ1n) is 5.13. The number of hydrogen-bond acceptors (Lipinski definition) is 3. The number of amidine groups is 1. The summed E-state index contributed by atoms with van der Waals surface area (Å²) < 4.78 is 18.8. The molecular formula is C11H14FN3O. The van der Waals surface area contributed by atoms with Crippen molar-refractivity contribution in [1.82, 2.24) is 5.43 Å². The molecule has 1 fully saturated rings. The van der Waals surface area contributed by atoms with Crippen molar-refractivity contribution >= 4 is 5.84 Å². The lowest BCUT2D eigenvalue weighted by atomic mass is 10.1. The van der Waals surface area contributed by atoms with Crippen LogP contribution in [0.3, 0.4) is 0 Å². The maximum Gasteiger partial charge on any atom is 0.149 e. The molecule has 0 heterocycles. The van der Waals surface area contributed by atoms with Gasteiger partial charge in [-0.3, -0.25) is 4.99 Å². The normalized spacial score (nSPS) is 16.1. The Balaban J connectivity index is 2.43. The average molecular weight is 223 g/mol. The summed E-state index contributed by atoms with van der Waals surface area (Å²) in [5.41, 5.74) is 2.73. The van der Waals surface area contributed by atoms with Crippen LogP contribution in [-0.2, 0) is 0 Å². The lowest BCUT2D eigenvalue weighted by Gasteiger charge is -2.11. The fourth-order valence-corrected chi connectivity index (χ4v) is 1.46. The van der Waals surface area contributed by atoms with Crippen LogP contribution in [0.4, 0.5) is 4.39 Å². The van der Waals surface area contributed by atoms with E-state index >= 15 is 0 Å². The van der Waals surface area contributed by atoms with E-state index in [9.17, 15) is 4.39 Å². The molecule has 0 atom stereocenters. The molecule has 86 valence electrons. The Morgan fingerprint density at radius 2 is 2.31 bits per heavy atom. The van der Waals surface area contributed by atoms with Crippen LogP contribution in [-0.4, -0.2) is 19.0 Å². The third-order valence-electron chi connectivity index (χ3n) is 2.43. The molecule has 0 aromatic heterocycles. The van der Waals surface area contributed by atoms with Crippen molar-refractivity contribution < 1.29 is 9.13 Å². The van der Waals surface area contributed by atoms with Gasteiger partial charge in [-0.2, -0.15) is 0 Å². The fraction of sp³-hybridized carbons (Fsp3) is 0.364. The van der Waals surface area contributed by atoms with Gasteiger partial charge in [-0.05, 0) is 25.0 Å². The summed E-state index contributed by atoms with van der Waals surface area (Å²) in [7, 11) is 1.49. The molecule has 0 amide bonds. The Bertz CT molecular complexity index is 416. The summed E-state index contributed by atoms with van der Waals surface area (Å²) in [5, 5.41) is 0. The van der Waals surface area contributed by atoms with Gasteiger partial charge >= 0.3 is 0 Å². The van der Waals surface area contributed by atoms with E-state index in [-0.39, 0.29) is 6.04 Å². The topological polar surface area (TPSA) is 59.6 Å². The number of nitrogens with two attached hydrogens (primary N) is 1. The van der Waals surface area contributed by atoms with Crippen LogP contribution in [0.1, 0.15) is 18.4 Å². The van der Waals surface area contributed by atoms with Gasteiger partial charge < -0.3 is 10.2 Å². The molecule has 1 aliphatic carbocycles. The fourth-order valence-electron chi connectivity index (χ4n) is 1.46. The molecule has 2 rings (SSSR count). The Kier molecular flexibility index (Phi) is 3.05. The van der Waals surface area contributed by atoms with Crippen molar-refractivity contribution in [2.75, 3.05) is 7.11 Å². The number of ether oxygens (including phenoxy) is 1. The summed E-state index contributed by atoms with van der Waals surface area (Å²) in [6, 6.07) is 4.88. The molecule has 0 saturated heterocycles. The molecule has 1 aliphatic rings. The van der Waals surface area contributed by atoms with Gasteiger partial charge in [-0.25, -0.2) is 10.2 Å². The molecule has 0 unspecified atom stereocenters. The van der Waals surface area contributed by atoms with E-state index in [0.29, 0.717) is 17.1 Å². The van der Waals surface area contributed by atoms with E-state index in [1.54, 1.807) is 12.1 Å². The molecule has 0 aliphatic heterocycles. The number of hydrazine groups is 1. The third kappa shape index (κ3) is 2.14. The molecule has 3 N–H and O–H groups in total. The van der Waals surface area contributed by atoms with Crippen molar-refractivity contribution in [3.8, 4) is 5.75 Å². The van der Waals surface area contributed by atoms with Crippen LogP contribution < -0.4 is 16.0 Å². The Hall–Kier alpha value is -1.62. The standard InChI is InChI=1S/C11H14FN3O/c1-16-9-4-2-3-8(12)10(9)11(15-13)14-7-5-6-7/h2-4,7H,5-6,13H2,1H3,(H,14,15). The van der Waals surface area contributed by atoms with Gasteiger partial charge in [0.15, 0.2) is 0 Å². The third-order valence-corrected chi connectivity index (χ3v) is 2.43. The van der Waals surface area contributed by atoms with Crippen molar-refractivity contribution in [3.63, 3.8) is 0 Å². The van der Waals surface area contributed by atoms with Gasteiger partial charge in [-0.1, -0.05) is 6.07 Å². The number of benzene rings is 1. The summed E-state index contributed by atoms with van der Waals surface area (Å²) in [6.45, 7) is 0. The highest BCUT2D eigenvalue weighted by molar-refractivity contribution is 6.01. The SMILES string of the molecule is COc1cccc(F)c1C(=NC1CC1)NN. The van der Waals surface area contributed by atoms with Crippen LogP contribution in [0.25, 0.3) is 0 Å². The first-order valence-corrected chi connectivity index (χ1v) is 5.13. The summed E-state index contributed by atoms with van der Waals surface area (Å²) >= 11 is 0. The Labute approximate surface area is 93.3 Å². The van der Waals surface area contributed by atoms with Crippen molar-refractivity contribution in [2.45, 2.75) is 18.9 Å². The highest BCUT2D eigenvalue weighted by atomic mass is 19.1. The van der Waals surface area contributed by atoms with Crippen LogP contribution in [0, 0.1) is 5.82 Å². The molecule has 5 heteroatoms. The summed E-state index contributed by atoms with van der Waals surface area (Å²) in [4.78, 5) is 4.31. The number of halogens is 1. The highest BCUT2D eigenvalue weighted by Gasteiger charge is 2.23. The van der Waals surface area contributed by atoms with Gasteiger partial charge in [0.2, 0.25) is 0 Å². The molecule has 0 spiro atoms. The maximum atomic E-state index is 13.7. The number of nitrogens with zero attached hydrogens (tertiary/aromatic N) is 1. The van der Waals surface area contributed by atoms with Crippen LogP contribution >= 0.6 is 0 Å². The van der Waals surface area contributed by atoms with Gasteiger partial charge in [0.1, 0.15) is 17.4 Å². The number of nitrogens with one attached hydrogen (secondary N) is 1. The zero-order chi connectivity index (χ0) is 11.5. The van der Waals surface area contributed by atoms with Gasteiger partial charge in [0.25, 0.3) is 0 Å². The van der Waals surface area contributed by atoms with Gasteiger partial charge in [-0.15, -0.1) is 0 Å². The summed E-state index contributed by atoms with van der Waals surface area (Å²) in [6.07, 6.45) is 2.06. The monoisotopic (exact) mass is 223 g/mol. The van der Waals surface area contributed by atoms with E-state index in [4.69, 9.17) is 10.6 Å². The molecule has 16 heavy (non-hydrogen) atoms. The minimum Gasteiger partial charge on any atom is -0.496 e. The second-order valence-electron chi connectivity index (χ2n) is 3.67. The van der Waals surface area contributed by atoms with E-state index in [1.165, 1.54) is 13.2 Å². The van der Waals surface area contributed by atoms with E-state index in [1.807, 2.05) is 0 Å². The van der Waals surface area contributed by atoms with E-state index < -0.39 is 5.82 Å². The first kappa shape index (κ1) is 10.9. The molecule has 1 saturated carbocycles. The van der Waals surface area contributed by atoms with Crippen molar-refractivity contribution in [2.24, 2.45) is 10.8 Å². The Morgan fingerprint density at radius 3 is 2.88 bits per heavy atom. The molecule has 0 radical (unpaired) electrons. The number of aliphatic imine (C=N–C) groups is 1. The minimum atomic E-state index is -0.392. The predicted molar refractivity (Wildman–Crippen MR) is 59.8 cm³/mol. The Morgan fingerprint density at radius 1 is 1.56 bits per heavy atom. The molecule has 0 bridgehead atoms. The smallest absolute Gasteiger partial charge is 0.149 e. The second kappa shape index (κ2) is 4.49. The first-order chi connectivity index (χ1) is 7.76. The van der Waals surface area contributed by atoms with Crippen molar-refractivity contribution in [3.05, 3.63) is 29.6 Å². The largest absolute Gasteiger partial charge is 0.496 e. The molecule has 4 nitrogen and oxygen atoms in total. The van der Waals surface area contributed by atoms with Crippen molar-refractivity contribution in [1.29, 1.82) is 0 Å². The van der Waals surface area contributed by atoms with Gasteiger partial charge in [0.05, 0.1) is 18.7 Å². The number of methoxy groups -OCH3 is 1. The second-order valence-corrected chi connectivity index (χ2v) is 3.67. The average Bonchev–Trinajstić information content (AvgIpc) is 3.10. The number of rotatable bonds is 3. The molecule has 1 aromatic carbocycles. The van der Waals surface area contributed by atoms with Gasteiger partial charge in [0, 0.05) is 0 Å². The lowest BCUT2D eigenvalue weighted by Crippen LogP contribution is -2.32. The number of hydrogen-bond donors (Lipinski definition) is 2. The minimum absolute atomic E-state index is 0.260. The highest BCUT2D eigenvalue weighted by Crippen LogP contribution is 2.27. The zero-order valence-electron chi connectivity index (χ0n) is 9.03. The quantitative estimate of drug-likeness (QED) is 0.350. The maximum absolute atomic E-state index is 13.7. The van der Waals surface area contributed by atoms with E-state index in [0.717, 1.165) is 12.8 Å². The van der Waals surface area contributed by atoms with Crippen LogP contribution in [0.15, 0.2) is 23.2 Å². The van der Waals surface area contributed by atoms with E-state index in [2.05, 4.69) is 10.4 Å². The molecular weight excluding hydrogens is 209 g/mol. The lowest BCUT2D eigenvalue weighted by molar-refractivity contribution is 0.410. The van der Waals surface area contributed by atoms with Crippen LogP contribution in [0.5, 0.6) is 5.75 Å². The molecule has 1 aromatic rings.